The van der Waals surface area contributed by atoms with E-state index in [2.05, 4.69) is 11.7 Å². The van der Waals surface area contributed by atoms with Crippen molar-refractivity contribution in [3.05, 3.63) is 90.0 Å². The van der Waals surface area contributed by atoms with Gasteiger partial charge in [0.25, 0.3) is 0 Å². The number of hydrogen-bond acceptors (Lipinski definition) is 4. The zero-order valence-corrected chi connectivity index (χ0v) is 20.7. The predicted octanol–water partition coefficient (Wildman–Crippen LogP) is 6.71. The fraction of sp³-hybridized carbons (Fsp3) is 0.321. The molecule has 0 bridgehead atoms. The fourth-order valence-corrected chi connectivity index (χ4v) is 3.33. The molecule has 1 aliphatic rings. The standard InChI is InChI=1S/C28H33F2N3O2/c1-6-20(3)27(31)32-33-16-14-22(18-21(33)4)24-8-7-9-25(26(24)29)34-17-15-28(5,30)35-23-12-10-19(2)11-13-23/h7-14,16,18,20H,4,6,15,17H2,1-3,5H3,(H2,31,32). The number of hydrogen-bond donors (Lipinski definition) is 1. The lowest BCUT2D eigenvalue weighted by Crippen LogP contribution is -2.28. The third kappa shape index (κ3) is 6.94. The first-order valence-electron chi connectivity index (χ1n) is 11.7. The SMILES string of the molecule is C=C1C=C(c2cccc(OCCC(C)(F)Oc3ccc(C)cc3)c2F)C=CN1/N=C(/N)C(C)CC. The minimum Gasteiger partial charge on any atom is -0.490 e. The lowest BCUT2D eigenvalue weighted by atomic mass is 10.0. The number of aryl methyl sites for hydroxylation is 1. The molecular formula is C28H33F2N3O2. The van der Waals surface area contributed by atoms with Crippen LogP contribution in [0.25, 0.3) is 5.57 Å². The van der Waals surface area contributed by atoms with Gasteiger partial charge in [0.15, 0.2) is 11.6 Å². The van der Waals surface area contributed by atoms with Crippen molar-refractivity contribution >= 4 is 11.4 Å². The summed E-state index contributed by atoms with van der Waals surface area (Å²) in [5.74, 6) is -1.39. The average Bonchev–Trinajstić information content (AvgIpc) is 2.82. The van der Waals surface area contributed by atoms with Crippen LogP contribution in [-0.2, 0) is 0 Å². The van der Waals surface area contributed by atoms with E-state index in [0.717, 1.165) is 12.0 Å². The van der Waals surface area contributed by atoms with Gasteiger partial charge in [0.05, 0.1) is 18.7 Å². The minimum absolute atomic E-state index is 0.0370. The van der Waals surface area contributed by atoms with Crippen molar-refractivity contribution in [3.8, 4) is 11.5 Å². The van der Waals surface area contributed by atoms with Gasteiger partial charge in [0.1, 0.15) is 11.6 Å². The first-order valence-corrected chi connectivity index (χ1v) is 11.7. The Morgan fingerprint density at radius 3 is 2.60 bits per heavy atom. The normalized spacial score (nSPS) is 16.5. The maximum absolute atomic E-state index is 15.2. The first kappa shape index (κ1) is 26.0. The van der Waals surface area contributed by atoms with Crippen molar-refractivity contribution in [1.29, 1.82) is 0 Å². The van der Waals surface area contributed by atoms with Crippen LogP contribution in [0.2, 0.25) is 0 Å². The molecule has 3 rings (SSSR count). The van der Waals surface area contributed by atoms with Crippen molar-refractivity contribution in [2.75, 3.05) is 6.61 Å². The van der Waals surface area contributed by atoms with Gasteiger partial charge < -0.3 is 15.2 Å². The van der Waals surface area contributed by atoms with Crippen molar-refractivity contribution in [1.82, 2.24) is 5.01 Å². The number of halogens is 2. The second kappa shape index (κ2) is 11.2. The molecule has 2 N–H and O–H groups in total. The number of nitrogens with two attached hydrogens (primary N) is 1. The summed E-state index contributed by atoms with van der Waals surface area (Å²) in [5, 5.41) is 5.95. The van der Waals surface area contributed by atoms with Crippen LogP contribution in [-0.4, -0.2) is 23.3 Å². The van der Waals surface area contributed by atoms with Gasteiger partial charge in [-0.15, -0.1) is 0 Å². The largest absolute Gasteiger partial charge is 0.490 e. The van der Waals surface area contributed by atoms with Crippen LogP contribution in [0.15, 0.2) is 78.2 Å². The lowest BCUT2D eigenvalue weighted by Gasteiger charge is -2.23. The molecule has 35 heavy (non-hydrogen) atoms. The minimum atomic E-state index is -1.96. The summed E-state index contributed by atoms with van der Waals surface area (Å²) in [5.41, 5.74) is 8.61. The number of amidine groups is 1. The smallest absolute Gasteiger partial charge is 0.248 e. The van der Waals surface area contributed by atoms with Crippen molar-refractivity contribution < 1.29 is 18.3 Å². The molecule has 2 unspecified atom stereocenters. The third-order valence-corrected chi connectivity index (χ3v) is 5.78. The number of nitrogens with zero attached hydrogens (tertiary/aromatic N) is 2. The molecule has 1 heterocycles. The van der Waals surface area contributed by atoms with Crippen LogP contribution < -0.4 is 15.2 Å². The van der Waals surface area contributed by atoms with Gasteiger partial charge in [0, 0.05) is 24.6 Å². The second-order valence-electron chi connectivity index (χ2n) is 8.82. The lowest BCUT2D eigenvalue weighted by molar-refractivity contribution is -0.0592. The Kier molecular flexibility index (Phi) is 8.33. The Hall–Kier alpha value is -3.61. The van der Waals surface area contributed by atoms with E-state index in [1.165, 1.54) is 13.0 Å². The Bertz CT molecular complexity index is 1140. The van der Waals surface area contributed by atoms with Gasteiger partial charge in [-0.2, -0.15) is 9.49 Å². The van der Waals surface area contributed by atoms with E-state index in [1.54, 1.807) is 47.6 Å². The molecule has 0 fully saturated rings. The quantitative estimate of drug-likeness (QED) is 0.303. The maximum atomic E-state index is 15.2. The van der Waals surface area contributed by atoms with E-state index in [4.69, 9.17) is 15.2 Å². The number of benzene rings is 2. The Balaban J connectivity index is 1.65. The van der Waals surface area contributed by atoms with E-state index in [1.807, 2.05) is 32.9 Å². The molecule has 7 heteroatoms. The average molecular weight is 482 g/mol. The van der Waals surface area contributed by atoms with Crippen molar-refractivity contribution in [2.24, 2.45) is 16.8 Å². The van der Waals surface area contributed by atoms with Gasteiger partial charge in [-0.3, -0.25) is 0 Å². The van der Waals surface area contributed by atoms with Gasteiger partial charge >= 0.3 is 0 Å². The predicted molar refractivity (Wildman–Crippen MR) is 137 cm³/mol. The molecule has 2 aromatic rings. The van der Waals surface area contributed by atoms with E-state index in [9.17, 15) is 4.39 Å². The number of alkyl halides is 1. The van der Waals surface area contributed by atoms with Gasteiger partial charge in [-0.05, 0) is 49.3 Å². The zero-order valence-electron chi connectivity index (χ0n) is 20.7. The summed E-state index contributed by atoms with van der Waals surface area (Å²) in [6, 6.07) is 12.0. The van der Waals surface area contributed by atoms with Crippen LogP contribution in [0.1, 0.15) is 44.7 Å². The maximum Gasteiger partial charge on any atom is 0.248 e. The third-order valence-electron chi connectivity index (χ3n) is 5.78. The van der Waals surface area contributed by atoms with Crippen LogP contribution in [0.5, 0.6) is 11.5 Å². The molecule has 0 aliphatic carbocycles. The highest BCUT2D eigenvalue weighted by molar-refractivity contribution is 5.83. The van der Waals surface area contributed by atoms with Crippen molar-refractivity contribution in [3.63, 3.8) is 0 Å². The van der Waals surface area contributed by atoms with E-state index >= 15 is 4.39 Å². The second-order valence-corrected chi connectivity index (χ2v) is 8.82. The highest BCUT2D eigenvalue weighted by atomic mass is 19.2. The highest BCUT2D eigenvalue weighted by Crippen LogP contribution is 2.31. The van der Waals surface area contributed by atoms with E-state index in [0.29, 0.717) is 28.4 Å². The van der Waals surface area contributed by atoms with E-state index < -0.39 is 11.7 Å². The van der Waals surface area contributed by atoms with Crippen LogP contribution in [0.3, 0.4) is 0 Å². The fourth-order valence-electron chi connectivity index (χ4n) is 3.33. The molecule has 2 aromatic carbocycles. The molecular weight excluding hydrogens is 448 g/mol. The molecule has 0 spiro atoms. The number of rotatable bonds is 10. The number of hydrazone groups is 1. The number of allylic oxidation sites excluding steroid dienone is 3. The zero-order chi connectivity index (χ0) is 25.6. The molecule has 0 amide bonds. The van der Waals surface area contributed by atoms with Crippen LogP contribution in [0.4, 0.5) is 8.78 Å². The molecule has 0 saturated carbocycles. The van der Waals surface area contributed by atoms with Gasteiger partial charge in [-0.1, -0.05) is 50.3 Å². The topological polar surface area (TPSA) is 60.1 Å². The summed E-state index contributed by atoms with van der Waals surface area (Å²) in [6.45, 7) is 11.3. The van der Waals surface area contributed by atoms with E-state index in [-0.39, 0.29) is 24.7 Å². The molecule has 186 valence electrons. The molecule has 5 nitrogen and oxygen atoms in total. The summed E-state index contributed by atoms with van der Waals surface area (Å²) in [6.07, 6.45) is 5.95. The van der Waals surface area contributed by atoms with Crippen LogP contribution in [0, 0.1) is 18.7 Å². The summed E-state index contributed by atoms with van der Waals surface area (Å²) in [7, 11) is 0. The monoisotopic (exact) mass is 481 g/mol. The van der Waals surface area contributed by atoms with Gasteiger partial charge in [-0.25, -0.2) is 9.40 Å². The first-order chi connectivity index (χ1) is 16.6. The Labute approximate surface area is 206 Å². The van der Waals surface area contributed by atoms with Crippen molar-refractivity contribution in [2.45, 2.75) is 46.4 Å². The molecule has 0 radical (unpaired) electrons. The summed E-state index contributed by atoms with van der Waals surface area (Å²) >= 11 is 0. The summed E-state index contributed by atoms with van der Waals surface area (Å²) in [4.78, 5) is 0. The Morgan fingerprint density at radius 2 is 1.94 bits per heavy atom. The van der Waals surface area contributed by atoms with Crippen LogP contribution >= 0.6 is 0 Å². The van der Waals surface area contributed by atoms with Gasteiger partial charge in [0.2, 0.25) is 5.85 Å². The highest BCUT2D eigenvalue weighted by Gasteiger charge is 2.26. The number of ether oxygens (including phenoxy) is 2. The molecule has 0 saturated heterocycles. The molecule has 2 atom stereocenters. The molecule has 1 aliphatic heterocycles. The Morgan fingerprint density at radius 1 is 1.23 bits per heavy atom. The molecule has 0 aromatic heterocycles. The summed E-state index contributed by atoms with van der Waals surface area (Å²) < 4.78 is 41.1.